The molecule has 0 aromatic carbocycles. The maximum absolute atomic E-state index is 12.5. The van der Waals surface area contributed by atoms with Crippen LogP contribution in [0.25, 0.3) is 0 Å². The van der Waals surface area contributed by atoms with Crippen molar-refractivity contribution >= 4 is 17.6 Å². The second-order valence-corrected chi connectivity index (χ2v) is 6.78. The summed E-state index contributed by atoms with van der Waals surface area (Å²) < 4.78 is 12.3. The summed E-state index contributed by atoms with van der Waals surface area (Å²) in [4.78, 5) is 28.9. The molecular weight excluding hydrogens is 346 g/mol. The van der Waals surface area contributed by atoms with Gasteiger partial charge < -0.3 is 19.4 Å². The molecule has 0 radical (unpaired) electrons. The molecule has 1 N–H and O–H groups in total. The highest BCUT2D eigenvalue weighted by molar-refractivity contribution is 6.00. The molecule has 1 fully saturated rings. The zero-order valence-electron chi connectivity index (χ0n) is 15.9. The lowest BCUT2D eigenvalue weighted by Crippen LogP contribution is -2.16. The summed E-state index contributed by atoms with van der Waals surface area (Å²) in [5.41, 5.74) is 2.72. The van der Waals surface area contributed by atoms with Gasteiger partial charge in [0.2, 0.25) is 5.78 Å². The van der Waals surface area contributed by atoms with Gasteiger partial charge >= 0.3 is 5.97 Å². The van der Waals surface area contributed by atoms with Gasteiger partial charge in [0, 0.05) is 42.8 Å². The summed E-state index contributed by atoms with van der Waals surface area (Å²) in [5.74, 6) is -0.0317. The molecule has 2 aromatic heterocycles. The lowest BCUT2D eigenvalue weighted by Gasteiger charge is -2.09. The van der Waals surface area contributed by atoms with E-state index in [0.717, 1.165) is 30.0 Å². The second-order valence-electron chi connectivity index (χ2n) is 6.78. The number of ether oxygens (including phenoxy) is 2. The second kappa shape index (κ2) is 8.35. The van der Waals surface area contributed by atoms with Crippen molar-refractivity contribution in [3.63, 3.8) is 0 Å². The van der Waals surface area contributed by atoms with Crippen LogP contribution in [-0.4, -0.2) is 47.7 Å². The number of nitrogens with one attached hydrogen (secondary N) is 1. The molecule has 0 amide bonds. The zero-order valence-corrected chi connectivity index (χ0v) is 15.9. The van der Waals surface area contributed by atoms with Gasteiger partial charge in [-0.1, -0.05) is 0 Å². The number of methoxy groups -OCH3 is 1. The Kier molecular flexibility index (Phi) is 5.91. The number of hydrogen-bond donors (Lipinski definition) is 1. The number of hydrogen-bond acceptors (Lipinski definition) is 6. The van der Waals surface area contributed by atoms with Crippen LogP contribution in [0.4, 0.5) is 5.82 Å². The van der Waals surface area contributed by atoms with Crippen molar-refractivity contribution in [2.75, 3.05) is 25.6 Å². The van der Waals surface area contributed by atoms with Gasteiger partial charge in [0.25, 0.3) is 0 Å². The van der Waals surface area contributed by atoms with E-state index in [9.17, 15) is 9.59 Å². The van der Waals surface area contributed by atoms with Crippen LogP contribution in [0.1, 0.15) is 44.9 Å². The molecule has 1 aliphatic rings. The number of esters is 1. The summed E-state index contributed by atoms with van der Waals surface area (Å²) in [6.45, 7) is 4.77. The number of carbonyl (C=O) groups excluding carboxylic acids is 2. The van der Waals surface area contributed by atoms with Gasteiger partial charge in [-0.25, -0.2) is 9.78 Å². The van der Waals surface area contributed by atoms with Gasteiger partial charge in [-0.15, -0.1) is 0 Å². The molecular formula is C20H25N3O4. The highest BCUT2D eigenvalue weighted by Gasteiger charge is 2.21. The number of pyridine rings is 1. The lowest BCUT2D eigenvalue weighted by molar-refractivity contribution is 0.0474. The van der Waals surface area contributed by atoms with Crippen molar-refractivity contribution in [3.8, 4) is 0 Å². The molecule has 0 atom stereocenters. The summed E-state index contributed by atoms with van der Waals surface area (Å²) in [6.07, 6.45) is 3.77. The number of anilines is 1. The van der Waals surface area contributed by atoms with E-state index in [2.05, 4.69) is 10.3 Å². The smallest absolute Gasteiger partial charge is 0.340 e. The Morgan fingerprint density at radius 3 is 2.70 bits per heavy atom. The first kappa shape index (κ1) is 19.1. The van der Waals surface area contributed by atoms with E-state index in [1.165, 1.54) is 6.20 Å². The van der Waals surface area contributed by atoms with Crippen LogP contribution in [0.2, 0.25) is 0 Å². The number of rotatable bonds is 9. The van der Waals surface area contributed by atoms with Crippen molar-refractivity contribution < 1.29 is 19.1 Å². The molecule has 1 saturated carbocycles. The molecule has 0 unspecified atom stereocenters. The van der Waals surface area contributed by atoms with Crippen LogP contribution in [0.3, 0.4) is 0 Å². The first-order valence-corrected chi connectivity index (χ1v) is 9.08. The third-order valence-electron chi connectivity index (χ3n) is 4.66. The van der Waals surface area contributed by atoms with Crippen LogP contribution < -0.4 is 5.32 Å². The normalized spacial score (nSPS) is 13.4. The van der Waals surface area contributed by atoms with Crippen molar-refractivity contribution in [2.24, 2.45) is 0 Å². The van der Waals surface area contributed by atoms with E-state index in [4.69, 9.17) is 9.47 Å². The minimum Gasteiger partial charge on any atom is -0.454 e. The predicted molar refractivity (Wildman–Crippen MR) is 101 cm³/mol. The summed E-state index contributed by atoms with van der Waals surface area (Å²) in [6, 6.07) is 5.72. The molecule has 3 rings (SSSR count). The van der Waals surface area contributed by atoms with Gasteiger partial charge in [-0.3, -0.25) is 4.79 Å². The Morgan fingerprint density at radius 1 is 1.30 bits per heavy atom. The topological polar surface area (TPSA) is 82.5 Å². The van der Waals surface area contributed by atoms with Gasteiger partial charge in [-0.05, 0) is 44.9 Å². The Hall–Kier alpha value is -2.67. The number of aryl methyl sites for hydroxylation is 1. The van der Waals surface area contributed by atoms with E-state index in [1.807, 2.05) is 24.5 Å². The number of Topliss-reactive ketones (excluding diaryl/α,β-unsaturated/α-hetero) is 1. The van der Waals surface area contributed by atoms with E-state index < -0.39 is 5.97 Å². The molecule has 1 aliphatic carbocycles. The highest BCUT2D eigenvalue weighted by atomic mass is 16.5. The number of aromatic nitrogens is 2. The van der Waals surface area contributed by atoms with E-state index in [1.54, 1.807) is 19.2 Å². The van der Waals surface area contributed by atoms with Crippen molar-refractivity contribution in [2.45, 2.75) is 39.3 Å². The third-order valence-corrected chi connectivity index (χ3v) is 4.66. The van der Waals surface area contributed by atoms with Crippen LogP contribution in [-0.2, 0) is 16.0 Å². The SMILES string of the molecule is COCCn1c(C)cc(C(=O)COC(=O)c2ccc(NC3CC3)nc2)c1C. The largest absolute Gasteiger partial charge is 0.454 e. The van der Waals surface area contributed by atoms with Crippen molar-refractivity contribution in [1.82, 2.24) is 9.55 Å². The molecule has 144 valence electrons. The first-order chi connectivity index (χ1) is 13.0. The van der Waals surface area contributed by atoms with Crippen molar-refractivity contribution in [3.05, 3.63) is 46.9 Å². The lowest BCUT2D eigenvalue weighted by atomic mass is 10.1. The van der Waals surface area contributed by atoms with Gasteiger partial charge in [0.1, 0.15) is 5.82 Å². The van der Waals surface area contributed by atoms with Crippen LogP contribution in [0.15, 0.2) is 24.4 Å². The average Bonchev–Trinajstić information content (AvgIpc) is 3.43. The minimum atomic E-state index is -0.554. The standard InChI is InChI=1S/C20H25N3O4/c1-13-10-17(14(2)23(13)8-9-26-3)18(24)12-27-20(25)15-4-7-19(21-11-15)22-16-5-6-16/h4,7,10-11,16H,5-6,8-9,12H2,1-3H3,(H,21,22). The molecule has 0 bridgehead atoms. The van der Waals surface area contributed by atoms with E-state index >= 15 is 0 Å². The molecule has 7 heteroatoms. The maximum Gasteiger partial charge on any atom is 0.340 e. The molecule has 0 aliphatic heterocycles. The Morgan fingerprint density at radius 2 is 2.07 bits per heavy atom. The van der Waals surface area contributed by atoms with E-state index in [0.29, 0.717) is 30.3 Å². The van der Waals surface area contributed by atoms with Gasteiger partial charge in [0.15, 0.2) is 6.61 Å². The third kappa shape index (κ3) is 4.74. The quantitative estimate of drug-likeness (QED) is 0.539. The fraction of sp³-hybridized carbons (Fsp3) is 0.450. The summed E-state index contributed by atoms with van der Waals surface area (Å²) in [5, 5.41) is 3.25. The fourth-order valence-electron chi connectivity index (χ4n) is 2.94. The van der Waals surface area contributed by atoms with Crippen LogP contribution in [0.5, 0.6) is 0 Å². The average molecular weight is 371 g/mol. The minimum absolute atomic E-state index is 0.222. The Bertz CT molecular complexity index is 822. The Balaban J connectivity index is 1.57. The van der Waals surface area contributed by atoms with Crippen LogP contribution >= 0.6 is 0 Å². The molecule has 0 saturated heterocycles. The highest BCUT2D eigenvalue weighted by Crippen LogP contribution is 2.23. The fourth-order valence-corrected chi connectivity index (χ4v) is 2.94. The number of nitrogens with zero attached hydrogens (tertiary/aromatic N) is 2. The number of carbonyl (C=O) groups is 2. The zero-order chi connectivity index (χ0) is 19.4. The Labute approximate surface area is 158 Å². The monoisotopic (exact) mass is 371 g/mol. The van der Waals surface area contributed by atoms with Crippen LogP contribution in [0, 0.1) is 13.8 Å². The van der Waals surface area contributed by atoms with Gasteiger partial charge in [-0.2, -0.15) is 0 Å². The van der Waals surface area contributed by atoms with E-state index in [-0.39, 0.29) is 12.4 Å². The molecule has 7 nitrogen and oxygen atoms in total. The van der Waals surface area contributed by atoms with Gasteiger partial charge in [0.05, 0.1) is 12.2 Å². The summed E-state index contributed by atoms with van der Waals surface area (Å²) in [7, 11) is 1.64. The first-order valence-electron chi connectivity index (χ1n) is 9.08. The molecule has 2 heterocycles. The molecule has 0 spiro atoms. The number of ketones is 1. The summed E-state index contributed by atoms with van der Waals surface area (Å²) >= 11 is 0. The maximum atomic E-state index is 12.5. The predicted octanol–water partition coefficient (Wildman–Crippen LogP) is 2.76. The van der Waals surface area contributed by atoms with Crippen molar-refractivity contribution in [1.29, 1.82) is 0 Å². The molecule has 2 aromatic rings. The molecule has 27 heavy (non-hydrogen) atoms.